The normalized spacial score (nSPS) is 16.4. The van der Waals surface area contributed by atoms with Crippen LogP contribution in [0.5, 0.6) is 0 Å². The van der Waals surface area contributed by atoms with Crippen LogP contribution in [-0.4, -0.2) is 12.6 Å². The second-order valence-corrected chi connectivity index (χ2v) is 5.95. The largest absolute Gasteiger partial charge is 0.445 e. The maximum absolute atomic E-state index is 11.8. The van der Waals surface area contributed by atoms with E-state index in [4.69, 9.17) is 4.74 Å². The highest BCUT2D eigenvalue weighted by molar-refractivity contribution is 5.67. The van der Waals surface area contributed by atoms with E-state index in [1.165, 1.54) is 25.7 Å². The third kappa shape index (κ3) is 4.92. The summed E-state index contributed by atoms with van der Waals surface area (Å²) in [5.74, 6) is 0. The van der Waals surface area contributed by atoms with E-state index in [0.29, 0.717) is 13.2 Å². The lowest BCUT2D eigenvalue weighted by Crippen LogP contribution is -2.36. The van der Waals surface area contributed by atoms with Gasteiger partial charge in [-0.05, 0) is 36.7 Å². The monoisotopic (exact) mass is 287 g/mol. The fourth-order valence-corrected chi connectivity index (χ4v) is 3.08. The van der Waals surface area contributed by atoms with Crippen molar-refractivity contribution in [3.05, 3.63) is 48.6 Å². The molecule has 114 valence electrons. The van der Waals surface area contributed by atoms with Gasteiger partial charge in [0.2, 0.25) is 0 Å². The number of alkyl carbamates (subject to hydrolysis) is 1. The van der Waals surface area contributed by atoms with Gasteiger partial charge in [-0.25, -0.2) is 4.79 Å². The standard InChI is InChI=1S/C18H25NO2/c1-2-3-11-18(12-7-8-13-18)15-19-17(20)21-14-16-9-5-4-6-10-16/h2,4-6,9-10H,1,3,7-8,11-15H2,(H,19,20). The van der Waals surface area contributed by atoms with Gasteiger partial charge in [-0.2, -0.15) is 0 Å². The lowest BCUT2D eigenvalue weighted by molar-refractivity contribution is 0.132. The van der Waals surface area contributed by atoms with Gasteiger partial charge in [0, 0.05) is 6.54 Å². The van der Waals surface area contributed by atoms with Gasteiger partial charge < -0.3 is 10.1 Å². The fraction of sp³-hybridized carbons (Fsp3) is 0.500. The molecule has 1 fully saturated rings. The number of carbonyl (C=O) groups excluding carboxylic acids is 1. The highest BCUT2D eigenvalue weighted by Crippen LogP contribution is 2.41. The van der Waals surface area contributed by atoms with Crippen LogP contribution in [0, 0.1) is 5.41 Å². The smallest absolute Gasteiger partial charge is 0.407 e. The van der Waals surface area contributed by atoms with E-state index in [9.17, 15) is 4.79 Å². The third-order valence-electron chi connectivity index (χ3n) is 4.36. The quantitative estimate of drug-likeness (QED) is 0.753. The number of nitrogens with one attached hydrogen (secondary N) is 1. The summed E-state index contributed by atoms with van der Waals surface area (Å²) in [4.78, 5) is 11.8. The molecule has 0 bridgehead atoms. The van der Waals surface area contributed by atoms with Crippen molar-refractivity contribution < 1.29 is 9.53 Å². The summed E-state index contributed by atoms with van der Waals surface area (Å²) in [6.45, 7) is 4.84. The Balaban J connectivity index is 1.75. The number of hydrogen-bond acceptors (Lipinski definition) is 2. The fourth-order valence-electron chi connectivity index (χ4n) is 3.08. The van der Waals surface area contributed by atoms with E-state index in [0.717, 1.165) is 18.4 Å². The average molecular weight is 287 g/mol. The lowest BCUT2D eigenvalue weighted by atomic mass is 9.81. The summed E-state index contributed by atoms with van der Waals surface area (Å²) < 4.78 is 5.27. The first-order chi connectivity index (χ1) is 10.2. The molecule has 0 saturated heterocycles. The molecule has 1 aliphatic carbocycles. The topological polar surface area (TPSA) is 38.3 Å². The van der Waals surface area contributed by atoms with Gasteiger partial charge in [0.15, 0.2) is 0 Å². The van der Waals surface area contributed by atoms with E-state index in [2.05, 4.69) is 11.9 Å². The number of benzene rings is 1. The molecule has 1 aromatic carbocycles. The van der Waals surface area contributed by atoms with E-state index in [1.54, 1.807) is 0 Å². The molecule has 21 heavy (non-hydrogen) atoms. The molecule has 0 spiro atoms. The van der Waals surface area contributed by atoms with E-state index in [-0.39, 0.29) is 11.5 Å². The highest BCUT2D eigenvalue weighted by Gasteiger charge is 2.33. The van der Waals surface area contributed by atoms with Crippen LogP contribution in [0.4, 0.5) is 4.79 Å². The molecule has 1 amide bonds. The summed E-state index contributed by atoms with van der Waals surface area (Å²) in [6.07, 6.45) is 8.68. The molecule has 0 aliphatic heterocycles. The van der Waals surface area contributed by atoms with Gasteiger partial charge in [-0.15, -0.1) is 6.58 Å². The van der Waals surface area contributed by atoms with Gasteiger partial charge in [0.25, 0.3) is 0 Å². The van der Waals surface area contributed by atoms with Crippen LogP contribution in [0.3, 0.4) is 0 Å². The SMILES string of the molecule is C=CCCC1(CNC(=O)OCc2ccccc2)CCCC1. The van der Waals surface area contributed by atoms with Gasteiger partial charge >= 0.3 is 6.09 Å². The Labute approximate surface area is 127 Å². The molecule has 0 atom stereocenters. The zero-order valence-corrected chi connectivity index (χ0v) is 12.6. The Bertz CT molecular complexity index is 450. The van der Waals surface area contributed by atoms with Gasteiger partial charge in [-0.1, -0.05) is 49.2 Å². The van der Waals surface area contributed by atoms with Crippen molar-refractivity contribution in [2.45, 2.75) is 45.1 Å². The average Bonchev–Trinajstić information content (AvgIpc) is 2.99. The van der Waals surface area contributed by atoms with E-state index in [1.807, 2.05) is 36.4 Å². The summed E-state index contributed by atoms with van der Waals surface area (Å²) in [6, 6.07) is 9.75. The van der Waals surface area contributed by atoms with Crippen molar-refractivity contribution in [1.29, 1.82) is 0 Å². The molecule has 1 saturated carbocycles. The Hall–Kier alpha value is -1.77. The first-order valence-electron chi connectivity index (χ1n) is 7.80. The number of hydrogen-bond donors (Lipinski definition) is 1. The molecule has 1 aliphatic rings. The van der Waals surface area contributed by atoms with E-state index >= 15 is 0 Å². The predicted octanol–water partition coefficient (Wildman–Crippen LogP) is 4.44. The highest BCUT2D eigenvalue weighted by atomic mass is 16.5. The van der Waals surface area contributed by atoms with Gasteiger partial charge in [0.05, 0.1) is 0 Å². The lowest BCUT2D eigenvalue weighted by Gasteiger charge is -2.28. The minimum atomic E-state index is -0.316. The predicted molar refractivity (Wildman–Crippen MR) is 85.0 cm³/mol. The molecule has 0 heterocycles. The van der Waals surface area contributed by atoms with Crippen LogP contribution in [0.15, 0.2) is 43.0 Å². The van der Waals surface area contributed by atoms with Crippen molar-refractivity contribution in [3.63, 3.8) is 0 Å². The zero-order valence-electron chi connectivity index (χ0n) is 12.6. The second-order valence-electron chi connectivity index (χ2n) is 5.95. The Morgan fingerprint density at radius 3 is 2.67 bits per heavy atom. The van der Waals surface area contributed by atoms with Crippen molar-refractivity contribution in [1.82, 2.24) is 5.32 Å². The maximum Gasteiger partial charge on any atom is 0.407 e. The molecule has 3 heteroatoms. The summed E-state index contributed by atoms with van der Waals surface area (Å²) in [7, 11) is 0. The molecule has 1 aromatic rings. The van der Waals surface area contributed by atoms with Crippen molar-refractivity contribution in [2.24, 2.45) is 5.41 Å². The summed E-state index contributed by atoms with van der Waals surface area (Å²) >= 11 is 0. The molecule has 0 radical (unpaired) electrons. The van der Waals surface area contributed by atoms with Crippen LogP contribution in [0.1, 0.15) is 44.1 Å². The Morgan fingerprint density at radius 2 is 2.00 bits per heavy atom. The molecule has 0 unspecified atom stereocenters. The summed E-state index contributed by atoms with van der Waals surface area (Å²) in [5, 5.41) is 2.95. The zero-order chi connectivity index (χ0) is 15.0. The first kappa shape index (κ1) is 15.6. The minimum absolute atomic E-state index is 0.250. The molecular weight excluding hydrogens is 262 g/mol. The molecular formula is C18H25NO2. The van der Waals surface area contributed by atoms with Crippen LogP contribution in [0.25, 0.3) is 0 Å². The van der Waals surface area contributed by atoms with Crippen LogP contribution < -0.4 is 5.32 Å². The Morgan fingerprint density at radius 1 is 1.29 bits per heavy atom. The molecule has 1 N–H and O–H groups in total. The number of allylic oxidation sites excluding steroid dienone is 1. The van der Waals surface area contributed by atoms with Crippen LogP contribution >= 0.6 is 0 Å². The third-order valence-corrected chi connectivity index (χ3v) is 4.36. The van der Waals surface area contributed by atoms with Crippen LogP contribution in [0.2, 0.25) is 0 Å². The molecule has 0 aromatic heterocycles. The number of carbonyl (C=O) groups is 1. The van der Waals surface area contributed by atoms with Crippen molar-refractivity contribution in [2.75, 3.05) is 6.54 Å². The van der Waals surface area contributed by atoms with Crippen LogP contribution in [-0.2, 0) is 11.3 Å². The van der Waals surface area contributed by atoms with Gasteiger partial charge in [-0.3, -0.25) is 0 Å². The number of amides is 1. The van der Waals surface area contributed by atoms with Crippen molar-refractivity contribution >= 4 is 6.09 Å². The van der Waals surface area contributed by atoms with Gasteiger partial charge in [0.1, 0.15) is 6.61 Å². The molecule has 2 rings (SSSR count). The second kappa shape index (κ2) is 7.87. The van der Waals surface area contributed by atoms with Crippen molar-refractivity contribution in [3.8, 4) is 0 Å². The minimum Gasteiger partial charge on any atom is -0.445 e. The first-order valence-corrected chi connectivity index (χ1v) is 7.80. The molecule has 3 nitrogen and oxygen atoms in total. The van der Waals surface area contributed by atoms with E-state index < -0.39 is 0 Å². The number of ether oxygens (including phenoxy) is 1. The Kier molecular flexibility index (Phi) is 5.85. The summed E-state index contributed by atoms with van der Waals surface area (Å²) in [5.41, 5.74) is 1.26. The maximum atomic E-state index is 11.8. The number of rotatable bonds is 7.